The van der Waals surface area contributed by atoms with Gasteiger partial charge >= 0.3 is 0 Å². The maximum Gasteiger partial charge on any atom is 0.0583 e. The molecule has 7 aliphatic rings. The molecule has 324 valence electrons. The highest BCUT2D eigenvalue weighted by molar-refractivity contribution is 5.39. The predicted molar refractivity (Wildman–Crippen MR) is 249 cm³/mol. The molecule has 0 heterocycles. The Bertz CT molecular complexity index is 1630. The quantitative estimate of drug-likeness (QED) is 0.228. The molecule has 0 aliphatic heterocycles. The van der Waals surface area contributed by atoms with Crippen molar-refractivity contribution in [2.45, 2.75) is 185 Å². The van der Waals surface area contributed by atoms with Gasteiger partial charge in [-0.15, -0.1) is 0 Å². The van der Waals surface area contributed by atoms with Crippen molar-refractivity contribution >= 4 is 0 Å². The number of fused-ring (bicyclic) bond motifs is 6. The number of rotatable bonds is 9. The highest BCUT2D eigenvalue weighted by Crippen LogP contribution is 2.66. The zero-order chi connectivity index (χ0) is 42.2. The first kappa shape index (κ1) is 45.6. The second-order valence-electron chi connectivity index (χ2n) is 22.7. The maximum absolute atomic E-state index is 10.2. The summed E-state index contributed by atoms with van der Waals surface area (Å²) in [6.07, 6.45) is 37.2. The largest absolute Gasteiger partial charge is 0.393 e. The van der Waals surface area contributed by atoms with Gasteiger partial charge in [0.25, 0.3) is 0 Å². The van der Waals surface area contributed by atoms with E-state index in [0.717, 1.165) is 73.5 Å². The molecule has 0 bridgehead atoms. The molecule has 2 nitrogen and oxygen atoms in total. The first-order chi connectivity index (χ1) is 27.4. The fraction of sp³-hybridized carbons (Fsp3) is 0.750. The zero-order valence-corrected chi connectivity index (χ0v) is 39.3. The van der Waals surface area contributed by atoms with E-state index in [-0.39, 0.29) is 12.2 Å². The van der Waals surface area contributed by atoms with E-state index < -0.39 is 0 Å². The molecule has 6 saturated carbocycles. The third kappa shape index (κ3) is 9.30. The minimum Gasteiger partial charge on any atom is -0.393 e. The number of hydrogen-bond donors (Lipinski definition) is 2. The lowest BCUT2D eigenvalue weighted by Gasteiger charge is -2.55. The summed E-state index contributed by atoms with van der Waals surface area (Å²) in [5, 5.41) is 20.2. The summed E-state index contributed by atoms with van der Waals surface area (Å²) >= 11 is 0. The van der Waals surface area contributed by atoms with E-state index >= 15 is 0 Å². The molecule has 0 amide bonds. The van der Waals surface area contributed by atoms with Crippen molar-refractivity contribution in [3.63, 3.8) is 0 Å². The topological polar surface area (TPSA) is 40.5 Å². The van der Waals surface area contributed by atoms with Gasteiger partial charge in [-0.1, -0.05) is 154 Å². The van der Waals surface area contributed by atoms with E-state index in [1.165, 1.54) is 80.9 Å². The van der Waals surface area contributed by atoms with E-state index in [2.05, 4.69) is 131 Å². The molecular formula is C56H88O2. The standard InChI is InChI=1S/2C28H44O/c1-18(2)19(3)7-8-20(4)24-11-12-25-23-10-9-21-17-22(29)13-15-27(21,5)26(23)14-16-28(24,25)6;1-19(2)20(3)9-10-22(5)26-15-16-27-23(8-7-17-28(26,27)6)12-13-24-18-25(29)14-11-21(24)4/h7-10,18-20,22,24-26,29H,11-17H2,1-6H3;9-10,12-13,19-20,22,25-27,29H,4,7-8,11,14-18H2,1-3,5-6H3/t19-,20+,22-,24+,25-,26?,27?,28+;20-,22+,25-,26+,27-,28+/m00/s1. The normalized spacial score (nSPS) is 41.1. The van der Waals surface area contributed by atoms with Crippen molar-refractivity contribution < 1.29 is 10.2 Å². The summed E-state index contributed by atoms with van der Waals surface area (Å²) in [6, 6.07) is 0. The summed E-state index contributed by atoms with van der Waals surface area (Å²) in [7, 11) is 0. The molecule has 0 aromatic rings. The van der Waals surface area contributed by atoms with Crippen molar-refractivity contribution in [2.24, 2.45) is 81.3 Å². The lowest BCUT2D eigenvalue weighted by atomic mass is 9.50. The van der Waals surface area contributed by atoms with Crippen LogP contribution in [0.15, 0.2) is 83.1 Å². The highest BCUT2D eigenvalue weighted by atomic mass is 16.3. The molecule has 7 aliphatic carbocycles. The van der Waals surface area contributed by atoms with E-state index in [1.807, 2.05) is 0 Å². The Labute approximate surface area is 358 Å². The summed E-state index contributed by atoms with van der Waals surface area (Å²) in [5.41, 5.74) is 8.68. The summed E-state index contributed by atoms with van der Waals surface area (Å²) < 4.78 is 0. The lowest BCUT2D eigenvalue weighted by molar-refractivity contribution is 0.0382. The van der Waals surface area contributed by atoms with E-state index in [0.29, 0.717) is 39.9 Å². The van der Waals surface area contributed by atoms with Gasteiger partial charge in [-0.2, -0.15) is 0 Å². The van der Waals surface area contributed by atoms with E-state index in [4.69, 9.17) is 0 Å². The first-order valence-electron chi connectivity index (χ1n) is 24.6. The molecule has 0 spiro atoms. The van der Waals surface area contributed by atoms with Crippen molar-refractivity contribution in [1.82, 2.24) is 0 Å². The summed E-state index contributed by atoms with van der Waals surface area (Å²) in [4.78, 5) is 0. The van der Waals surface area contributed by atoms with E-state index in [1.54, 1.807) is 11.1 Å². The molecule has 2 heteroatoms. The SMILES string of the molecule is C=C1CC[C@H](O)CC1=CC=C1CCC[C@]2(C)[C@@H]([C@H](C)C=C[C@H](C)C(C)C)CC[C@@H]12.CC(C)[C@@H](C)C=C[C@@H](C)[C@H]1CC[C@H]2C3=CC=C4C[C@@H](O)CCC4(C)C3CC[C@]12C. The van der Waals surface area contributed by atoms with Crippen LogP contribution in [0.1, 0.15) is 172 Å². The van der Waals surface area contributed by atoms with Crippen molar-refractivity contribution in [1.29, 1.82) is 0 Å². The molecule has 0 aromatic carbocycles. The van der Waals surface area contributed by atoms with Gasteiger partial charge in [0.1, 0.15) is 0 Å². The van der Waals surface area contributed by atoms with Crippen LogP contribution in [0.4, 0.5) is 0 Å². The average Bonchev–Trinajstić information content (AvgIpc) is 3.73. The molecule has 14 atom stereocenters. The fourth-order valence-electron chi connectivity index (χ4n) is 13.8. The smallest absolute Gasteiger partial charge is 0.0583 e. The van der Waals surface area contributed by atoms with Crippen molar-refractivity contribution in [3.05, 3.63) is 83.1 Å². The zero-order valence-electron chi connectivity index (χ0n) is 39.3. The molecule has 6 fully saturated rings. The summed E-state index contributed by atoms with van der Waals surface area (Å²) in [6.45, 7) is 30.9. The van der Waals surface area contributed by atoms with Crippen molar-refractivity contribution in [2.75, 3.05) is 0 Å². The van der Waals surface area contributed by atoms with Crippen LogP contribution in [0.2, 0.25) is 0 Å². The van der Waals surface area contributed by atoms with Crippen LogP contribution in [-0.4, -0.2) is 22.4 Å². The van der Waals surface area contributed by atoms with Gasteiger partial charge in [0.2, 0.25) is 0 Å². The Balaban J connectivity index is 0.000000196. The molecule has 2 N–H and O–H groups in total. The lowest BCUT2D eigenvalue weighted by Crippen LogP contribution is -2.46. The Kier molecular flexibility index (Phi) is 14.6. The molecular weight excluding hydrogens is 705 g/mol. The third-order valence-electron chi connectivity index (χ3n) is 18.7. The van der Waals surface area contributed by atoms with Crippen LogP contribution in [0.3, 0.4) is 0 Å². The van der Waals surface area contributed by atoms with Gasteiger partial charge in [0.05, 0.1) is 12.2 Å². The summed E-state index contributed by atoms with van der Waals surface area (Å²) in [5.74, 6) is 7.96. The second kappa shape index (κ2) is 18.6. The Morgan fingerprint density at radius 2 is 1.19 bits per heavy atom. The molecule has 7 rings (SSSR count). The average molecular weight is 793 g/mol. The minimum absolute atomic E-state index is 0.116. The third-order valence-corrected chi connectivity index (χ3v) is 18.7. The number of allylic oxidation sites excluding steroid dienone is 11. The van der Waals surface area contributed by atoms with Crippen LogP contribution >= 0.6 is 0 Å². The molecule has 0 saturated heterocycles. The Morgan fingerprint density at radius 3 is 1.81 bits per heavy atom. The van der Waals surface area contributed by atoms with Gasteiger partial charge in [-0.05, 0) is 183 Å². The van der Waals surface area contributed by atoms with Gasteiger partial charge in [-0.25, -0.2) is 0 Å². The molecule has 58 heavy (non-hydrogen) atoms. The predicted octanol–water partition coefficient (Wildman–Crippen LogP) is 15.0. The van der Waals surface area contributed by atoms with E-state index in [9.17, 15) is 10.2 Å². The van der Waals surface area contributed by atoms with Crippen LogP contribution in [-0.2, 0) is 0 Å². The van der Waals surface area contributed by atoms with Gasteiger partial charge in [0, 0.05) is 0 Å². The fourth-order valence-corrected chi connectivity index (χ4v) is 13.8. The van der Waals surface area contributed by atoms with Gasteiger partial charge < -0.3 is 10.2 Å². The number of aliphatic hydroxyl groups excluding tert-OH is 2. The van der Waals surface area contributed by atoms with Crippen LogP contribution in [0, 0.1) is 81.3 Å². The highest BCUT2D eigenvalue weighted by Gasteiger charge is 2.57. The monoisotopic (exact) mass is 793 g/mol. The van der Waals surface area contributed by atoms with Crippen LogP contribution < -0.4 is 0 Å². The number of hydrogen-bond acceptors (Lipinski definition) is 2. The Morgan fingerprint density at radius 1 is 0.603 bits per heavy atom. The molecule has 0 radical (unpaired) electrons. The minimum atomic E-state index is -0.182. The van der Waals surface area contributed by atoms with Crippen LogP contribution in [0.25, 0.3) is 0 Å². The Hall–Kier alpha value is -1.90. The second-order valence-corrected chi connectivity index (χ2v) is 22.7. The maximum atomic E-state index is 10.2. The van der Waals surface area contributed by atoms with Gasteiger partial charge in [0.15, 0.2) is 0 Å². The molecule has 2 unspecified atom stereocenters. The van der Waals surface area contributed by atoms with Crippen LogP contribution in [0.5, 0.6) is 0 Å². The number of aliphatic hydroxyl groups is 2. The molecule has 0 aromatic heterocycles. The first-order valence-corrected chi connectivity index (χ1v) is 24.6. The van der Waals surface area contributed by atoms with Crippen molar-refractivity contribution in [3.8, 4) is 0 Å². The van der Waals surface area contributed by atoms with Gasteiger partial charge in [-0.3, -0.25) is 0 Å².